The molecule has 1 aliphatic rings. The fraction of sp³-hybridized carbons (Fsp3) is 0.308. The van der Waals surface area contributed by atoms with Gasteiger partial charge in [0.2, 0.25) is 11.9 Å². The maximum Gasteiger partial charge on any atom is 0.225 e. The van der Waals surface area contributed by atoms with Crippen LogP contribution in [0.25, 0.3) is 0 Å². The standard InChI is InChI=1S/C13H16N6O/c14-12-17-10(18-13(15)19-12)7-20-9-5-1-3-8-4-2-6-16-11(8)9/h1,3,5,16H,2,4,6-7H2,(H4,14,15,17,18,19). The Bertz CT molecular complexity index is 610. The highest BCUT2D eigenvalue weighted by atomic mass is 16.5. The number of hydrogen-bond donors (Lipinski definition) is 3. The van der Waals surface area contributed by atoms with Crippen molar-refractivity contribution in [3.63, 3.8) is 0 Å². The van der Waals surface area contributed by atoms with Crippen molar-refractivity contribution in [2.45, 2.75) is 19.4 Å². The van der Waals surface area contributed by atoms with Crippen LogP contribution in [0.1, 0.15) is 17.8 Å². The highest BCUT2D eigenvalue weighted by Gasteiger charge is 2.13. The summed E-state index contributed by atoms with van der Waals surface area (Å²) in [6, 6.07) is 6.01. The van der Waals surface area contributed by atoms with Crippen LogP contribution in [-0.4, -0.2) is 21.5 Å². The van der Waals surface area contributed by atoms with Gasteiger partial charge in [0.05, 0.1) is 5.69 Å². The van der Waals surface area contributed by atoms with Gasteiger partial charge in [-0.3, -0.25) is 0 Å². The molecule has 0 fully saturated rings. The number of fused-ring (bicyclic) bond motifs is 1. The lowest BCUT2D eigenvalue weighted by Crippen LogP contribution is -2.14. The van der Waals surface area contributed by atoms with E-state index in [9.17, 15) is 0 Å². The molecule has 3 rings (SSSR count). The van der Waals surface area contributed by atoms with Gasteiger partial charge in [-0.25, -0.2) is 0 Å². The van der Waals surface area contributed by atoms with Gasteiger partial charge in [-0.2, -0.15) is 15.0 Å². The van der Waals surface area contributed by atoms with Gasteiger partial charge in [-0.1, -0.05) is 12.1 Å². The van der Waals surface area contributed by atoms with Crippen molar-refractivity contribution in [2.75, 3.05) is 23.3 Å². The number of hydrogen-bond acceptors (Lipinski definition) is 7. The van der Waals surface area contributed by atoms with Crippen molar-refractivity contribution < 1.29 is 4.74 Å². The van der Waals surface area contributed by atoms with Crippen molar-refractivity contribution in [1.82, 2.24) is 15.0 Å². The molecule has 0 atom stereocenters. The zero-order valence-corrected chi connectivity index (χ0v) is 11.0. The number of nitrogens with zero attached hydrogens (tertiary/aromatic N) is 3. The van der Waals surface area contributed by atoms with E-state index in [-0.39, 0.29) is 18.5 Å². The molecule has 1 aromatic heterocycles. The Balaban J connectivity index is 1.78. The first kappa shape index (κ1) is 12.5. The molecule has 0 spiro atoms. The van der Waals surface area contributed by atoms with Crippen LogP contribution in [-0.2, 0) is 13.0 Å². The number of nitrogens with two attached hydrogens (primary N) is 2. The zero-order chi connectivity index (χ0) is 13.9. The number of rotatable bonds is 3. The quantitative estimate of drug-likeness (QED) is 0.763. The minimum Gasteiger partial charge on any atom is -0.483 e. The molecular formula is C13H16N6O. The molecule has 7 nitrogen and oxygen atoms in total. The molecule has 5 N–H and O–H groups in total. The highest BCUT2D eigenvalue weighted by Crippen LogP contribution is 2.32. The average molecular weight is 272 g/mol. The Morgan fingerprint density at radius 1 is 1.15 bits per heavy atom. The van der Waals surface area contributed by atoms with Crippen LogP contribution in [0.15, 0.2) is 18.2 Å². The van der Waals surface area contributed by atoms with E-state index in [2.05, 4.69) is 26.3 Å². The van der Waals surface area contributed by atoms with Crippen LogP contribution in [0.5, 0.6) is 5.75 Å². The maximum absolute atomic E-state index is 5.77. The Labute approximate surface area is 116 Å². The first-order valence-electron chi connectivity index (χ1n) is 6.47. The molecule has 0 amide bonds. The van der Waals surface area contributed by atoms with E-state index in [1.54, 1.807) is 0 Å². The van der Waals surface area contributed by atoms with E-state index in [1.165, 1.54) is 5.56 Å². The summed E-state index contributed by atoms with van der Waals surface area (Å²) in [6.07, 6.45) is 2.20. The third-order valence-corrected chi connectivity index (χ3v) is 3.11. The van der Waals surface area contributed by atoms with Crippen molar-refractivity contribution in [3.8, 4) is 5.75 Å². The largest absolute Gasteiger partial charge is 0.483 e. The molecule has 0 radical (unpaired) electrons. The van der Waals surface area contributed by atoms with Gasteiger partial charge in [0.25, 0.3) is 0 Å². The second kappa shape index (κ2) is 5.20. The average Bonchev–Trinajstić information content (AvgIpc) is 2.44. The Morgan fingerprint density at radius 3 is 2.75 bits per heavy atom. The number of benzene rings is 1. The van der Waals surface area contributed by atoms with Crippen molar-refractivity contribution >= 4 is 17.6 Å². The first-order valence-corrected chi connectivity index (χ1v) is 6.47. The molecule has 2 aromatic rings. The molecule has 0 aliphatic carbocycles. The van der Waals surface area contributed by atoms with E-state index in [0.717, 1.165) is 30.8 Å². The van der Waals surface area contributed by atoms with Crippen LogP contribution >= 0.6 is 0 Å². The normalized spacial score (nSPS) is 13.4. The summed E-state index contributed by atoms with van der Waals surface area (Å²) < 4.78 is 5.77. The number of nitrogens with one attached hydrogen (secondary N) is 1. The summed E-state index contributed by atoms with van der Waals surface area (Å²) >= 11 is 0. The van der Waals surface area contributed by atoms with Crippen LogP contribution in [0.3, 0.4) is 0 Å². The lowest BCUT2D eigenvalue weighted by Gasteiger charge is -2.20. The molecule has 0 unspecified atom stereocenters. The molecule has 0 saturated carbocycles. The number of aryl methyl sites for hydroxylation is 1. The van der Waals surface area contributed by atoms with Gasteiger partial charge < -0.3 is 21.5 Å². The molecule has 0 saturated heterocycles. The fourth-order valence-electron chi connectivity index (χ4n) is 2.26. The van der Waals surface area contributed by atoms with E-state index >= 15 is 0 Å². The maximum atomic E-state index is 5.77. The Morgan fingerprint density at radius 2 is 1.95 bits per heavy atom. The summed E-state index contributed by atoms with van der Waals surface area (Å²) in [7, 11) is 0. The number of aromatic nitrogens is 3. The predicted octanol–water partition coefficient (Wildman–Crippen LogP) is 0.973. The third-order valence-electron chi connectivity index (χ3n) is 3.11. The van der Waals surface area contributed by atoms with Gasteiger partial charge in [0.1, 0.15) is 12.4 Å². The molecule has 2 heterocycles. The minimum absolute atomic E-state index is 0.101. The van der Waals surface area contributed by atoms with Gasteiger partial charge in [-0.05, 0) is 24.5 Å². The number of anilines is 3. The molecule has 1 aromatic carbocycles. The molecule has 20 heavy (non-hydrogen) atoms. The number of ether oxygens (including phenoxy) is 1. The van der Waals surface area contributed by atoms with E-state index in [4.69, 9.17) is 16.2 Å². The molecule has 0 bridgehead atoms. The first-order chi connectivity index (χ1) is 9.72. The van der Waals surface area contributed by atoms with Crippen molar-refractivity contribution in [1.29, 1.82) is 0 Å². The molecule has 1 aliphatic heterocycles. The van der Waals surface area contributed by atoms with Crippen molar-refractivity contribution in [3.05, 3.63) is 29.6 Å². The fourth-order valence-corrected chi connectivity index (χ4v) is 2.26. The van der Waals surface area contributed by atoms with Crippen LogP contribution < -0.4 is 21.5 Å². The van der Waals surface area contributed by atoms with E-state index in [1.807, 2.05) is 12.1 Å². The predicted molar refractivity (Wildman–Crippen MR) is 76.2 cm³/mol. The topological polar surface area (TPSA) is 112 Å². The Hall–Kier alpha value is -2.57. The minimum atomic E-state index is 0.101. The number of para-hydroxylation sites is 1. The summed E-state index contributed by atoms with van der Waals surface area (Å²) in [5.74, 6) is 1.41. The summed E-state index contributed by atoms with van der Waals surface area (Å²) in [5, 5.41) is 3.36. The van der Waals surface area contributed by atoms with Gasteiger partial charge in [0.15, 0.2) is 5.82 Å². The lowest BCUT2D eigenvalue weighted by atomic mass is 10.0. The zero-order valence-electron chi connectivity index (χ0n) is 11.0. The Kier molecular flexibility index (Phi) is 3.24. The van der Waals surface area contributed by atoms with Gasteiger partial charge in [0, 0.05) is 6.54 Å². The summed E-state index contributed by atoms with van der Waals surface area (Å²) in [4.78, 5) is 11.7. The van der Waals surface area contributed by atoms with Gasteiger partial charge >= 0.3 is 0 Å². The van der Waals surface area contributed by atoms with Gasteiger partial charge in [-0.15, -0.1) is 0 Å². The molecule has 104 valence electrons. The second-order valence-electron chi connectivity index (χ2n) is 4.58. The van der Waals surface area contributed by atoms with Crippen LogP contribution in [0.2, 0.25) is 0 Å². The molecule has 7 heteroatoms. The monoisotopic (exact) mass is 272 g/mol. The van der Waals surface area contributed by atoms with Crippen molar-refractivity contribution in [2.24, 2.45) is 0 Å². The van der Waals surface area contributed by atoms with E-state index < -0.39 is 0 Å². The highest BCUT2D eigenvalue weighted by molar-refractivity contribution is 5.63. The summed E-state index contributed by atoms with van der Waals surface area (Å²) in [5.41, 5.74) is 13.4. The summed E-state index contributed by atoms with van der Waals surface area (Å²) in [6.45, 7) is 1.16. The number of nitrogen functional groups attached to an aromatic ring is 2. The van der Waals surface area contributed by atoms with E-state index in [0.29, 0.717) is 5.82 Å². The second-order valence-corrected chi connectivity index (χ2v) is 4.58. The third kappa shape index (κ3) is 2.56. The van der Waals surface area contributed by atoms with Crippen LogP contribution in [0.4, 0.5) is 17.6 Å². The van der Waals surface area contributed by atoms with Crippen LogP contribution in [0, 0.1) is 0 Å². The smallest absolute Gasteiger partial charge is 0.225 e. The SMILES string of the molecule is Nc1nc(N)nc(COc2cccc3c2NCCC3)n1. The lowest BCUT2D eigenvalue weighted by molar-refractivity contribution is 0.296. The molecular weight excluding hydrogens is 256 g/mol.